The Morgan fingerprint density at radius 1 is 1.00 bits per heavy atom. The highest BCUT2D eigenvalue weighted by Crippen LogP contribution is 2.37. The first-order valence-electron chi connectivity index (χ1n) is 9.64. The molecule has 0 aromatic heterocycles. The summed E-state index contributed by atoms with van der Waals surface area (Å²) in [7, 11) is 2.20. The Balaban J connectivity index is 1.60. The van der Waals surface area contributed by atoms with Crippen molar-refractivity contribution in [2.75, 3.05) is 26.7 Å². The molecule has 25 heavy (non-hydrogen) atoms. The first-order chi connectivity index (χ1) is 12.2. The van der Waals surface area contributed by atoms with Gasteiger partial charge in [-0.1, -0.05) is 61.7 Å². The number of rotatable bonds is 2. The van der Waals surface area contributed by atoms with Gasteiger partial charge in [0.2, 0.25) is 5.91 Å². The fraction of sp³-hybridized carbons (Fsp3) is 0.500. The highest BCUT2D eigenvalue weighted by molar-refractivity contribution is 5.90. The van der Waals surface area contributed by atoms with Gasteiger partial charge in [-0.05, 0) is 36.2 Å². The summed E-state index contributed by atoms with van der Waals surface area (Å²) in [4.78, 5) is 18.0. The SMILES string of the molecule is CN1CCN(C(=O)Cc2cccc3ccccc23)C2(CCCCC2)C1. The molecular weight excluding hydrogens is 308 g/mol. The van der Waals surface area contributed by atoms with E-state index >= 15 is 0 Å². The molecular formula is C22H28N2O. The van der Waals surface area contributed by atoms with E-state index < -0.39 is 0 Å². The van der Waals surface area contributed by atoms with Gasteiger partial charge in [0.15, 0.2) is 0 Å². The number of nitrogens with zero attached hydrogens (tertiary/aromatic N) is 2. The summed E-state index contributed by atoms with van der Waals surface area (Å²) < 4.78 is 0. The third-order valence-electron chi connectivity index (χ3n) is 6.15. The molecule has 3 heteroatoms. The lowest BCUT2D eigenvalue weighted by Crippen LogP contribution is -2.64. The van der Waals surface area contributed by atoms with Crippen LogP contribution in [0.25, 0.3) is 10.8 Å². The lowest BCUT2D eigenvalue weighted by Gasteiger charge is -2.52. The van der Waals surface area contributed by atoms with Crippen molar-refractivity contribution >= 4 is 16.7 Å². The van der Waals surface area contributed by atoms with Crippen molar-refractivity contribution in [3.05, 3.63) is 48.0 Å². The van der Waals surface area contributed by atoms with Crippen molar-refractivity contribution in [2.45, 2.75) is 44.1 Å². The maximum atomic E-state index is 13.3. The molecule has 2 fully saturated rings. The normalized spacial score (nSPS) is 20.9. The van der Waals surface area contributed by atoms with Crippen LogP contribution in [0.5, 0.6) is 0 Å². The fourth-order valence-electron chi connectivity index (χ4n) is 4.91. The van der Waals surface area contributed by atoms with E-state index in [1.54, 1.807) is 0 Å². The number of amides is 1. The lowest BCUT2D eigenvalue weighted by atomic mass is 9.78. The highest BCUT2D eigenvalue weighted by atomic mass is 16.2. The van der Waals surface area contributed by atoms with Crippen LogP contribution in [0.3, 0.4) is 0 Å². The van der Waals surface area contributed by atoms with E-state index in [4.69, 9.17) is 0 Å². The Hall–Kier alpha value is -1.87. The van der Waals surface area contributed by atoms with Crippen LogP contribution in [-0.2, 0) is 11.2 Å². The Kier molecular flexibility index (Phi) is 4.51. The van der Waals surface area contributed by atoms with Crippen molar-refractivity contribution in [3.63, 3.8) is 0 Å². The summed E-state index contributed by atoms with van der Waals surface area (Å²) >= 11 is 0. The van der Waals surface area contributed by atoms with Gasteiger partial charge in [-0.3, -0.25) is 4.79 Å². The molecule has 132 valence electrons. The number of hydrogen-bond donors (Lipinski definition) is 0. The molecule has 2 aliphatic rings. The molecule has 1 spiro atoms. The van der Waals surface area contributed by atoms with Crippen LogP contribution in [0.2, 0.25) is 0 Å². The number of likely N-dealkylation sites (N-methyl/N-ethyl adjacent to an activating group) is 1. The van der Waals surface area contributed by atoms with Crippen molar-refractivity contribution in [3.8, 4) is 0 Å². The average Bonchev–Trinajstić information content (AvgIpc) is 2.62. The zero-order valence-electron chi connectivity index (χ0n) is 15.2. The van der Waals surface area contributed by atoms with Gasteiger partial charge in [-0.25, -0.2) is 0 Å². The van der Waals surface area contributed by atoms with Gasteiger partial charge in [-0.2, -0.15) is 0 Å². The largest absolute Gasteiger partial charge is 0.334 e. The molecule has 1 saturated heterocycles. The minimum atomic E-state index is 0.0763. The van der Waals surface area contributed by atoms with Crippen molar-refractivity contribution in [2.24, 2.45) is 0 Å². The summed E-state index contributed by atoms with van der Waals surface area (Å²) in [6.45, 7) is 2.90. The molecule has 0 bridgehead atoms. The van der Waals surface area contributed by atoms with Crippen molar-refractivity contribution < 1.29 is 4.79 Å². The molecule has 0 N–H and O–H groups in total. The molecule has 0 unspecified atom stereocenters. The van der Waals surface area contributed by atoms with Crippen LogP contribution in [0.15, 0.2) is 42.5 Å². The summed E-state index contributed by atoms with van der Waals surface area (Å²) in [5.74, 6) is 0.311. The summed E-state index contributed by atoms with van der Waals surface area (Å²) in [6, 6.07) is 14.7. The van der Waals surface area contributed by atoms with Crippen LogP contribution >= 0.6 is 0 Å². The number of piperazine rings is 1. The first kappa shape index (κ1) is 16.6. The second kappa shape index (κ2) is 6.80. The van der Waals surface area contributed by atoms with E-state index in [-0.39, 0.29) is 5.54 Å². The monoisotopic (exact) mass is 336 g/mol. The molecule has 2 aromatic carbocycles. The number of carbonyl (C=O) groups excluding carboxylic acids is 1. The van der Waals surface area contributed by atoms with Crippen LogP contribution in [0.1, 0.15) is 37.7 Å². The molecule has 0 atom stereocenters. The Bertz CT molecular complexity index is 758. The van der Waals surface area contributed by atoms with E-state index in [1.165, 1.54) is 42.9 Å². The van der Waals surface area contributed by atoms with Gasteiger partial charge in [0, 0.05) is 19.6 Å². The van der Waals surface area contributed by atoms with Crippen LogP contribution in [0, 0.1) is 0 Å². The second-order valence-electron chi connectivity index (χ2n) is 7.88. The van der Waals surface area contributed by atoms with E-state index in [0.29, 0.717) is 12.3 Å². The smallest absolute Gasteiger partial charge is 0.227 e. The fourth-order valence-corrected chi connectivity index (χ4v) is 4.91. The van der Waals surface area contributed by atoms with Crippen molar-refractivity contribution in [1.29, 1.82) is 0 Å². The first-order valence-corrected chi connectivity index (χ1v) is 9.64. The predicted octanol–water partition coefficient (Wildman–Crippen LogP) is 3.86. The van der Waals surface area contributed by atoms with E-state index in [9.17, 15) is 4.79 Å². The van der Waals surface area contributed by atoms with Crippen molar-refractivity contribution in [1.82, 2.24) is 9.80 Å². The Morgan fingerprint density at radius 3 is 2.60 bits per heavy atom. The molecule has 4 rings (SSSR count). The molecule has 1 aliphatic carbocycles. The van der Waals surface area contributed by atoms with E-state index in [1.807, 2.05) is 0 Å². The van der Waals surface area contributed by atoms with Gasteiger partial charge in [-0.15, -0.1) is 0 Å². The lowest BCUT2D eigenvalue weighted by molar-refractivity contribution is -0.143. The maximum Gasteiger partial charge on any atom is 0.227 e. The quantitative estimate of drug-likeness (QED) is 0.831. The zero-order valence-corrected chi connectivity index (χ0v) is 15.2. The maximum absolute atomic E-state index is 13.3. The van der Waals surface area contributed by atoms with E-state index in [0.717, 1.165) is 25.2 Å². The standard InChI is InChI=1S/C22H28N2O/c1-23-14-15-24(22(17-23)12-5-2-6-13-22)21(25)16-19-10-7-9-18-8-3-4-11-20(18)19/h3-4,7-11H,2,5-6,12-17H2,1H3. The van der Waals surface area contributed by atoms with E-state index in [2.05, 4.69) is 59.3 Å². The minimum Gasteiger partial charge on any atom is -0.334 e. The van der Waals surface area contributed by atoms with Gasteiger partial charge in [0.25, 0.3) is 0 Å². The van der Waals surface area contributed by atoms with Gasteiger partial charge >= 0.3 is 0 Å². The number of benzene rings is 2. The predicted molar refractivity (Wildman–Crippen MR) is 103 cm³/mol. The molecule has 1 heterocycles. The second-order valence-corrected chi connectivity index (χ2v) is 7.88. The molecule has 1 saturated carbocycles. The molecule has 0 radical (unpaired) electrons. The van der Waals surface area contributed by atoms with Gasteiger partial charge < -0.3 is 9.80 Å². The molecule has 2 aromatic rings. The molecule has 1 amide bonds. The number of fused-ring (bicyclic) bond motifs is 1. The van der Waals surface area contributed by atoms with Gasteiger partial charge in [0.05, 0.1) is 12.0 Å². The third-order valence-corrected chi connectivity index (χ3v) is 6.15. The summed E-state index contributed by atoms with van der Waals surface area (Å²) in [5.41, 5.74) is 1.24. The highest BCUT2D eigenvalue weighted by Gasteiger charge is 2.43. The molecule has 3 nitrogen and oxygen atoms in total. The van der Waals surface area contributed by atoms with Gasteiger partial charge in [0.1, 0.15) is 0 Å². The number of carbonyl (C=O) groups is 1. The summed E-state index contributed by atoms with van der Waals surface area (Å²) in [5, 5.41) is 2.43. The van der Waals surface area contributed by atoms with Crippen LogP contribution in [-0.4, -0.2) is 47.9 Å². The minimum absolute atomic E-state index is 0.0763. The number of hydrogen-bond acceptors (Lipinski definition) is 2. The van der Waals surface area contributed by atoms with Crippen LogP contribution in [0.4, 0.5) is 0 Å². The average molecular weight is 336 g/mol. The Morgan fingerprint density at radius 2 is 1.76 bits per heavy atom. The zero-order chi connectivity index (χ0) is 17.3. The third kappa shape index (κ3) is 3.18. The Labute approximate surface area is 150 Å². The van der Waals surface area contributed by atoms with Crippen LogP contribution < -0.4 is 0 Å². The topological polar surface area (TPSA) is 23.6 Å². The summed E-state index contributed by atoms with van der Waals surface area (Å²) in [6.07, 6.45) is 6.68. The molecule has 1 aliphatic heterocycles.